The summed E-state index contributed by atoms with van der Waals surface area (Å²) in [5.74, 6) is 0.625. The fourth-order valence-electron chi connectivity index (χ4n) is 1.65. The topological polar surface area (TPSA) is 46.2 Å². The normalized spacial score (nSPS) is 38.2. The van der Waals surface area contributed by atoms with Gasteiger partial charge in [-0.05, 0) is 12.8 Å². The van der Waals surface area contributed by atoms with E-state index in [0.717, 1.165) is 18.9 Å². The van der Waals surface area contributed by atoms with E-state index in [1.807, 2.05) is 0 Å². The average molecular weight is 160 g/mol. The largest absolute Gasteiger partial charge is 0.305 e. The molecule has 0 saturated carbocycles. The second-order valence-corrected chi connectivity index (χ2v) is 5.15. The maximum absolute atomic E-state index is 11.1. The van der Waals surface area contributed by atoms with E-state index in [1.54, 1.807) is 0 Å². The summed E-state index contributed by atoms with van der Waals surface area (Å²) < 4.78 is 22.1. The van der Waals surface area contributed by atoms with Crippen molar-refractivity contribution >= 4 is 9.84 Å². The SMILES string of the molecule is O=S1(=O)C[C]2CCC(C1)N2. The van der Waals surface area contributed by atoms with Crippen LogP contribution in [0.1, 0.15) is 12.8 Å². The third-order valence-corrected chi connectivity index (χ3v) is 3.75. The molecule has 0 aromatic rings. The molecule has 2 saturated heterocycles. The van der Waals surface area contributed by atoms with E-state index < -0.39 is 9.84 Å². The van der Waals surface area contributed by atoms with Crippen molar-refractivity contribution in [1.29, 1.82) is 0 Å². The van der Waals surface area contributed by atoms with Crippen molar-refractivity contribution in [3.8, 4) is 0 Å². The number of nitrogens with one attached hydrogen (secondary N) is 1. The highest BCUT2D eigenvalue weighted by molar-refractivity contribution is 7.91. The third-order valence-electron chi connectivity index (χ3n) is 2.05. The summed E-state index contributed by atoms with van der Waals surface area (Å²) in [5, 5.41) is 3.18. The van der Waals surface area contributed by atoms with Crippen LogP contribution in [0.15, 0.2) is 0 Å². The number of hydrogen-bond donors (Lipinski definition) is 1. The van der Waals surface area contributed by atoms with Crippen molar-refractivity contribution in [2.45, 2.75) is 18.9 Å². The highest BCUT2D eigenvalue weighted by Crippen LogP contribution is 2.26. The monoisotopic (exact) mass is 160 g/mol. The second-order valence-electron chi connectivity index (χ2n) is 3.04. The summed E-state index contributed by atoms with van der Waals surface area (Å²) in [5.41, 5.74) is 0. The summed E-state index contributed by atoms with van der Waals surface area (Å²) in [7, 11) is -2.72. The van der Waals surface area contributed by atoms with Crippen molar-refractivity contribution in [2.24, 2.45) is 0 Å². The molecule has 3 nitrogen and oxygen atoms in total. The molecule has 1 unspecified atom stereocenters. The Bertz CT molecular complexity index is 216. The Labute approximate surface area is 60.7 Å². The first-order valence-corrected chi connectivity index (χ1v) is 5.29. The molecule has 2 bridgehead atoms. The summed E-state index contributed by atoms with van der Waals surface area (Å²) in [4.78, 5) is 0. The van der Waals surface area contributed by atoms with Gasteiger partial charge in [-0.2, -0.15) is 0 Å². The third kappa shape index (κ3) is 1.06. The van der Waals surface area contributed by atoms with Crippen molar-refractivity contribution in [2.75, 3.05) is 11.5 Å². The lowest BCUT2D eigenvalue weighted by molar-refractivity contribution is 0.562. The number of fused-ring (bicyclic) bond motifs is 2. The molecule has 10 heavy (non-hydrogen) atoms. The van der Waals surface area contributed by atoms with Gasteiger partial charge < -0.3 is 5.32 Å². The minimum Gasteiger partial charge on any atom is -0.305 e. The molecule has 2 aliphatic rings. The standard InChI is InChI=1S/C6H10NO2S/c8-10(9)3-5-1-2-6(4-10)7-5/h5,7H,1-4H2. The maximum atomic E-state index is 11.1. The molecule has 1 radical (unpaired) electrons. The first-order chi connectivity index (χ1) is 4.66. The quantitative estimate of drug-likeness (QED) is 0.529. The summed E-state index contributed by atoms with van der Waals surface area (Å²) in [6, 6.07) is 1.25. The van der Waals surface area contributed by atoms with Gasteiger partial charge >= 0.3 is 0 Å². The van der Waals surface area contributed by atoms with Crippen LogP contribution in [0.2, 0.25) is 0 Å². The molecule has 1 atom stereocenters. The minimum atomic E-state index is -2.72. The molecule has 1 N–H and O–H groups in total. The predicted octanol–water partition coefficient (Wildman–Crippen LogP) is -0.301. The van der Waals surface area contributed by atoms with Crippen LogP contribution in [0.3, 0.4) is 0 Å². The molecule has 0 aromatic heterocycles. The smallest absolute Gasteiger partial charge is 0.153 e. The van der Waals surface area contributed by atoms with Gasteiger partial charge in [0.1, 0.15) is 0 Å². The predicted molar refractivity (Wildman–Crippen MR) is 38.1 cm³/mol. The molecule has 57 valence electrons. The van der Waals surface area contributed by atoms with E-state index in [2.05, 4.69) is 5.32 Å². The lowest BCUT2D eigenvalue weighted by Gasteiger charge is -2.19. The summed E-state index contributed by atoms with van der Waals surface area (Å²) in [6.07, 6.45) is 1.97. The van der Waals surface area contributed by atoms with Gasteiger partial charge in [0, 0.05) is 6.04 Å². The van der Waals surface area contributed by atoms with Gasteiger partial charge in [0.25, 0.3) is 0 Å². The fraction of sp³-hybridized carbons (Fsp3) is 0.833. The lowest BCUT2D eigenvalue weighted by atomic mass is 10.2. The first kappa shape index (κ1) is 6.61. The van der Waals surface area contributed by atoms with Crippen molar-refractivity contribution in [3.05, 3.63) is 6.04 Å². The van der Waals surface area contributed by atoms with Gasteiger partial charge in [0.05, 0.1) is 17.5 Å². The Kier molecular flexibility index (Phi) is 1.29. The zero-order valence-corrected chi connectivity index (χ0v) is 6.45. The molecule has 0 spiro atoms. The number of hydrogen-bond acceptors (Lipinski definition) is 3. The van der Waals surface area contributed by atoms with E-state index in [1.165, 1.54) is 0 Å². The minimum absolute atomic E-state index is 0.230. The highest BCUT2D eigenvalue weighted by Gasteiger charge is 2.36. The van der Waals surface area contributed by atoms with E-state index in [0.29, 0.717) is 5.75 Å². The molecule has 0 aromatic carbocycles. The van der Waals surface area contributed by atoms with Crippen LogP contribution < -0.4 is 5.32 Å². The van der Waals surface area contributed by atoms with E-state index in [4.69, 9.17) is 0 Å². The van der Waals surface area contributed by atoms with E-state index >= 15 is 0 Å². The van der Waals surface area contributed by atoms with Gasteiger partial charge in [0.15, 0.2) is 9.84 Å². The van der Waals surface area contributed by atoms with Crippen LogP contribution in [0.5, 0.6) is 0 Å². The Balaban J connectivity index is 2.25. The molecule has 2 heterocycles. The zero-order chi connectivity index (χ0) is 7.19. The molecule has 0 aliphatic carbocycles. The van der Waals surface area contributed by atoms with Gasteiger partial charge in [0.2, 0.25) is 0 Å². The molecule has 2 fully saturated rings. The zero-order valence-electron chi connectivity index (χ0n) is 5.63. The molecule has 4 heteroatoms. The highest BCUT2D eigenvalue weighted by atomic mass is 32.2. The van der Waals surface area contributed by atoms with Gasteiger partial charge in [-0.1, -0.05) is 0 Å². The van der Waals surface area contributed by atoms with Gasteiger partial charge in [-0.3, -0.25) is 0 Å². The van der Waals surface area contributed by atoms with Crippen LogP contribution in [-0.2, 0) is 9.84 Å². The summed E-state index contributed by atoms with van der Waals surface area (Å²) in [6.45, 7) is 0. The Morgan fingerprint density at radius 3 is 3.00 bits per heavy atom. The molecular weight excluding hydrogens is 150 g/mol. The average Bonchev–Trinajstić information content (AvgIpc) is 2.08. The van der Waals surface area contributed by atoms with Crippen molar-refractivity contribution in [1.82, 2.24) is 5.32 Å². The molecule has 0 amide bonds. The summed E-state index contributed by atoms with van der Waals surface area (Å²) >= 11 is 0. The maximum Gasteiger partial charge on any atom is 0.153 e. The Hall–Kier alpha value is -0.0900. The van der Waals surface area contributed by atoms with Gasteiger partial charge in [-0.15, -0.1) is 0 Å². The fourth-order valence-corrected chi connectivity index (χ4v) is 3.39. The van der Waals surface area contributed by atoms with E-state index in [-0.39, 0.29) is 11.8 Å². The Morgan fingerprint density at radius 2 is 2.30 bits per heavy atom. The van der Waals surface area contributed by atoms with Crippen LogP contribution in [0.4, 0.5) is 0 Å². The number of rotatable bonds is 0. The van der Waals surface area contributed by atoms with Gasteiger partial charge in [-0.25, -0.2) is 8.42 Å². The van der Waals surface area contributed by atoms with Crippen LogP contribution >= 0.6 is 0 Å². The molecule has 2 aliphatic heterocycles. The first-order valence-electron chi connectivity index (χ1n) is 3.47. The van der Waals surface area contributed by atoms with Crippen molar-refractivity contribution < 1.29 is 8.42 Å². The Morgan fingerprint density at radius 1 is 1.50 bits per heavy atom. The van der Waals surface area contributed by atoms with E-state index in [9.17, 15) is 8.42 Å². The van der Waals surface area contributed by atoms with Crippen molar-refractivity contribution in [3.63, 3.8) is 0 Å². The molecular formula is C6H10NO2S. The van der Waals surface area contributed by atoms with Crippen LogP contribution in [-0.4, -0.2) is 26.0 Å². The van der Waals surface area contributed by atoms with Crippen LogP contribution in [0.25, 0.3) is 0 Å². The van der Waals surface area contributed by atoms with Crippen LogP contribution in [0, 0.1) is 6.04 Å². The number of sulfone groups is 1. The lowest BCUT2D eigenvalue weighted by Crippen LogP contribution is -2.40. The molecule has 2 rings (SSSR count). The second kappa shape index (κ2) is 1.95.